The number of carboxylic acid groups (broad SMARTS) is 1. The van der Waals surface area contributed by atoms with Crippen molar-refractivity contribution < 1.29 is 9.90 Å². The monoisotopic (exact) mass is 246 g/mol. The van der Waals surface area contributed by atoms with Crippen LogP contribution in [0.15, 0.2) is 12.1 Å². The zero-order chi connectivity index (χ0) is 13.1. The van der Waals surface area contributed by atoms with Crippen molar-refractivity contribution in [1.29, 1.82) is 0 Å². The summed E-state index contributed by atoms with van der Waals surface area (Å²) in [4.78, 5) is 18.3. The summed E-state index contributed by atoms with van der Waals surface area (Å²) in [6.07, 6.45) is 2.59. The van der Waals surface area contributed by atoms with Gasteiger partial charge in [0.2, 0.25) is 0 Å². The first-order chi connectivity index (χ1) is 8.56. The Morgan fingerprint density at radius 2 is 2.11 bits per heavy atom. The molecule has 0 aliphatic rings. The summed E-state index contributed by atoms with van der Waals surface area (Å²) in [7, 11) is 0. The van der Waals surface area contributed by atoms with Crippen LogP contribution in [-0.2, 0) is 11.2 Å². The minimum absolute atomic E-state index is 0.234. The zero-order valence-corrected chi connectivity index (χ0v) is 10.8. The summed E-state index contributed by atoms with van der Waals surface area (Å²) in [5.74, 6) is 0.218. The van der Waals surface area contributed by atoms with Crippen LogP contribution in [0.25, 0.3) is 11.0 Å². The van der Waals surface area contributed by atoms with Gasteiger partial charge in [0, 0.05) is 12.8 Å². The summed E-state index contributed by atoms with van der Waals surface area (Å²) in [5, 5.41) is 8.57. The third-order valence-corrected chi connectivity index (χ3v) is 3.02. The van der Waals surface area contributed by atoms with Gasteiger partial charge in [-0.1, -0.05) is 6.07 Å². The molecule has 4 nitrogen and oxygen atoms in total. The van der Waals surface area contributed by atoms with E-state index in [0.717, 1.165) is 29.7 Å². The fraction of sp³-hybridized carbons (Fsp3) is 0.429. The number of hydrogen-bond donors (Lipinski definition) is 2. The molecule has 0 amide bonds. The van der Waals surface area contributed by atoms with Crippen LogP contribution >= 0.6 is 0 Å². The number of benzene rings is 1. The van der Waals surface area contributed by atoms with Gasteiger partial charge in [-0.05, 0) is 43.9 Å². The zero-order valence-electron chi connectivity index (χ0n) is 10.8. The van der Waals surface area contributed by atoms with E-state index < -0.39 is 5.97 Å². The second-order valence-corrected chi connectivity index (χ2v) is 4.76. The second-order valence-electron chi connectivity index (χ2n) is 4.76. The van der Waals surface area contributed by atoms with Crippen LogP contribution in [-0.4, -0.2) is 21.0 Å². The van der Waals surface area contributed by atoms with Gasteiger partial charge in [0.05, 0.1) is 11.0 Å². The third kappa shape index (κ3) is 2.88. The molecule has 0 aliphatic carbocycles. The van der Waals surface area contributed by atoms with Crippen LogP contribution < -0.4 is 0 Å². The predicted molar refractivity (Wildman–Crippen MR) is 70.8 cm³/mol. The van der Waals surface area contributed by atoms with Crippen molar-refractivity contribution in [2.45, 2.75) is 39.5 Å². The third-order valence-electron chi connectivity index (χ3n) is 3.02. The van der Waals surface area contributed by atoms with E-state index in [1.165, 1.54) is 11.1 Å². The molecular formula is C14H18N2O2. The van der Waals surface area contributed by atoms with Crippen LogP contribution in [0.1, 0.15) is 36.2 Å². The minimum Gasteiger partial charge on any atom is -0.481 e. The summed E-state index contributed by atoms with van der Waals surface area (Å²) < 4.78 is 0. The minimum atomic E-state index is -0.730. The Morgan fingerprint density at radius 1 is 1.33 bits per heavy atom. The first-order valence-corrected chi connectivity index (χ1v) is 6.24. The molecule has 2 N–H and O–H groups in total. The Hall–Kier alpha value is -1.84. The van der Waals surface area contributed by atoms with Gasteiger partial charge in [0.15, 0.2) is 0 Å². The van der Waals surface area contributed by atoms with Gasteiger partial charge in [0.25, 0.3) is 0 Å². The maximum atomic E-state index is 10.4. The molecule has 0 saturated heterocycles. The van der Waals surface area contributed by atoms with E-state index in [9.17, 15) is 4.79 Å². The van der Waals surface area contributed by atoms with E-state index in [-0.39, 0.29) is 6.42 Å². The van der Waals surface area contributed by atoms with E-state index >= 15 is 0 Å². The number of nitrogens with one attached hydrogen (secondary N) is 1. The molecule has 4 heteroatoms. The molecule has 0 radical (unpaired) electrons. The van der Waals surface area contributed by atoms with Crippen LogP contribution in [0.5, 0.6) is 0 Å². The van der Waals surface area contributed by atoms with Crippen molar-refractivity contribution in [2.75, 3.05) is 0 Å². The maximum absolute atomic E-state index is 10.4. The van der Waals surface area contributed by atoms with Crippen molar-refractivity contribution in [3.63, 3.8) is 0 Å². The van der Waals surface area contributed by atoms with Gasteiger partial charge in [-0.2, -0.15) is 0 Å². The number of aromatic nitrogens is 2. The fourth-order valence-electron chi connectivity index (χ4n) is 2.21. The van der Waals surface area contributed by atoms with Gasteiger partial charge in [-0.15, -0.1) is 0 Å². The van der Waals surface area contributed by atoms with Crippen LogP contribution in [0.3, 0.4) is 0 Å². The lowest BCUT2D eigenvalue weighted by Crippen LogP contribution is -1.95. The highest BCUT2D eigenvalue weighted by Crippen LogP contribution is 2.19. The smallest absolute Gasteiger partial charge is 0.303 e. The standard InChI is InChI=1S/C14H18N2O2/c1-9-7-10(2)14-11(8-9)15-12(16-14)5-3-4-6-13(17)18/h7-8H,3-6H2,1-2H3,(H,15,16)(H,17,18). The number of aromatic amines is 1. The number of rotatable bonds is 5. The Morgan fingerprint density at radius 3 is 2.83 bits per heavy atom. The molecule has 0 unspecified atom stereocenters. The average Bonchev–Trinajstić information content (AvgIpc) is 2.67. The first kappa shape index (κ1) is 12.6. The second kappa shape index (κ2) is 5.21. The summed E-state index contributed by atoms with van der Waals surface area (Å²) in [5.41, 5.74) is 4.49. The van der Waals surface area contributed by atoms with E-state index in [1.807, 2.05) is 0 Å². The number of imidazole rings is 1. The SMILES string of the molecule is Cc1cc(C)c2nc(CCCCC(=O)O)[nH]c2c1. The number of H-pyrrole nitrogens is 1. The number of hydrogen-bond acceptors (Lipinski definition) is 2. The molecular weight excluding hydrogens is 228 g/mol. The van der Waals surface area contributed by atoms with E-state index in [0.29, 0.717) is 6.42 Å². The summed E-state index contributed by atoms with van der Waals surface area (Å²) in [6, 6.07) is 4.22. The highest BCUT2D eigenvalue weighted by Gasteiger charge is 2.06. The lowest BCUT2D eigenvalue weighted by Gasteiger charge is -1.96. The largest absolute Gasteiger partial charge is 0.481 e. The Labute approximate surface area is 106 Å². The highest BCUT2D eigenvalue weighted by molar-refractivity contribution is 5.79. The molecule has 0 atom stereocenters. The molecule has 1 aromatic heterocycles. The van der Waals surface area contributed by atoms with Crippen LogP contribution in [0.2, 0.25) is 0 Å². The molecule has 0 bridgehead atoms. The van der Waals surface area contributed by atoms with Crippen molar-refractivity contribution in [1.82, 2.24) is 9.97 Å². The molecule has 2 rings (SSSR count). The van der Waals surface area contributed by atoms with Gasteiger partial charge >= 0.3 is 5.97 Å². The van der Waals surface area contributed by atoms with Gasteiger partial charge in [0.1, 0.15) is 5.82 Å². The number of aliphatic carboxylic acids is 1. The van der Waals surface area contributed by atoms with Crippen molar-refractivity contribution in [3.8, 4) is 0 Å². The van der Waals surface area contributed by atoms with Crippen molar-refractivity contribution in [2.24, 2.45) is 0 Å². The molecule has 96 valence electrons. The number of unbranched alkanes of at least 4 members (excludes halogenated alkanes) is 1. The summed E-state index contributed by atoms with van der Waals surface area (Å²) >= 11 is 0. The fourth-order valence-corrected chi connectivity index (χ4v) is 2.21. The molecule has 0 saturated carbocycles. The summed E-state index contributed by atoms with van der Waals surface area (Å²) in [6.45, 7) is 4.13. The van der Waals surface area contributed by atoms with Gasteiger partial charge in [-0.3, -0.25) is 4.79 Å². The van der Waals surface area contributed by atoms with Crippen molar-refractivity contribution >= 4 is 17.0 Å². The number of fused-ring (bicyclic) bond motifs is 1. The number of carbonyl (C=O) groups is 1. The topological polar surface area (TPSA) is 66.0 Å². The maximum Gasteiger partial charge on any atom is 0.303 e. The van der Waals surface area contributed by atoms with Gasteiger partial charge < -0.3 is 10.1 Å². The lowest BCUT2D eigenvalue weighted by atomic mass is 10.1. The van der Waals surface area contributed by atoms with Crippen LogP contribution in [0, 0.1) is 13.8 Å². The van der Waals surface area contributed by atoms with Crippen molar-refractivity contribution in [3.05, 3.63) is 29.1 Å². The van der Waals surface area contributed by atoms with Gasteiger partial charge in [-0.25, -0.2) is 4.98 Å². The Balaban J connectivity index is 2.06. The van der Waals surface area contributed by atoms with E-state index in [2.05, 4.69) is 35.9 Å². The lowest BCUT2D eigenvalue weighted by molar-refractivity contribution is -0.137. The van der Waals surface area contributed by atoms with Crippen LogP contribution in [0.4, 0.5) is 0 Å². The molecule has 0 fully saturated rings. The average molecular weight is 246 g/mol. The normalized spacial score (nSPS) is 11.0. The number of aryl methyl sites for hydroxylation is 3. The molecule has 0 aliphatic heterocycles. The number of carboxylic acids is 1. The number of nitrogens with zero attached hydrogens (tertiary/aromatic N) is 1. The van der Waals surface area contributed by atoms with E-state index in [1.54, 1.807) is 0 Å². The first-order valence-electron chi connectivity index (χ1n) is 6.24. The molecule has 1 aromatic carbocycles. The predicted octanol–water partition coefficient (Wildman–Crippen LogP) is 2.98. The molecule has 0 spiro atoms. The quantitative estimate of drug-likeness (QED) is 0.797. The highest BCUT2D eigenvalue weighted by atomic mass is 16.4. The van der Waals surface area contributed by atoms with E-state index in [4.69, 9.17) is 5.11 Å². The Kier molecular flexibility index (Phi) is 3.65. The molecule has 1 heterocycles. The molecule has 18 heavy (non-hydrogen) atoms. The molecule has 2 aromatic rings. The Bertz CT molecular complexity index is 572.